The predicted octanol–water partition coefficient (Wildman–Crippen LogP) is 5.29. The van der Waals surface area contributed by atoms with E-state index in [0.29, 0.717) is 38.3 Å². The molecule has 0 radical (unpaired) electrons. The number of aromatic amines is 1. The maximum absolute atomic E-state index is 13.5. The highest BCUT2D eigenvalue weighted by Gasteiger charge is 2.46. The van der Waals surface area contributed by atoms with Crippen molar-refractivity contribution in [3.05, 3.63) is 38.6 Å². The van der Waals surface area contributed by atoms with Crippen molar-refractivity contribution in [2.45, 2.75) is 64.5 Å². The first-order valence-electron chi connectivity index (χ1n) is 12.6. The summed E-state index contributed by atoms with van der Waals surface area (Å²) >= 11 is 12.6. The van der Waals surface area contributed by atoms with Crippen molar-refractivity contribution in [3.8, 4) is 11.3 Å². The molecular formula is C26H32Cl2N6O3. The van der Waals surface area contributed by atoms with Crippen LogP contribution < -0.4 is 15.8 Å². The molecule has 3 heterocycles. The molecule has 9 nitrogen and oxygen atoms in total. The van der Waals surface area contributed by atoms with Gasteiger partial charge in [0.15, 0.2) is 5.65 Å². The minimum absolute atomic E-state index is 0.0270. The summed E-state index contributed by atoms with van der Waals surface area (Å²) in [5.74, 6) is 0.581. The van der Waals surface area contributed by atoms with Gasteiger partial charge in [0.2, 0.25) is 5.95 Å². The number of nitrogens with one attached hydrogen (secondary N) is 2. The third-order valence-electron chi connectivity index (χ3n) is 7.63. The second-order valence-electron chi connectivity index (χ2n) is 11.1. The van der Waals surface area contributed by atoms with Crippen LogP contribution in [0.1, 0.15) is 52.9 Å². The Hall–Kier alpha value is -2.78. The Balaban J connectivity index is 1.38. The van der Waals surface area contributed by atoms with E-state index in [4.69, 9.17) is 32.9 Å². The van der Waals surface area contributed by atoms with Crippen LogP contribution >= 0.6 is 23.2 Å². The molecule has 198 valence electrons. The minimum Gasteiger partial charge on any atom is -0.444 e. The number of aromatic nitrogens is 4. The third-order valence-corrected chi connectivity index (χ3v) is 8.45. The van der Waals surface area contributed by atoms with Crippen molar-refractivity contribution in [3.63, 3.8) is 0 Å². The fraction of sp³-hybridized carbons (Fsp3) is 0.538. The molecule has 5 rings (SSSR count). The number of nitrogens with zero attached hydrogens (tertiary/aromatic N) is 4. The molecule has 3 aromatic rings. The predicted molar refractivity (Wildman–Crippen MR) is 145 cm³/mol. The second-order valence-corrected chi connectivity index (χ2v) is 11.9. The number of H-pyrrole nitrogens is 1. The van der Waals surface area contributed by atoms with Crippen LogP contribution in [0.5, 0.6) is 0 Å². The molecular weight excluding hydrogens is 515 g/mol. The third kappa shape index (κ3) is 4.79. The van der Waals surface area contributed by atoms with E-state index in [-0.39, 0.29) is 23.1 Å². The number of anilines is 1. The monoisotopic (exact) mass is 546 g/mol. The van der Waals surface area contributed by atoms with Crippen molar-refractivity contribution < 1.29 is 9.53 Å². The number of hydrogen-bond donors (Lipinski definition) is 2. The maximum atomic E-state index is 13.5. The SMILES string of the molecule is Cn1c(N2CCC3(CCC[C@H]3NC(=O)OC(C)(C)C)CC2)nc2n[nH]c(-c3cccc(Cl)c3Cl)c2c1=O. The summed E-state index contributed by atoms with van der Waals surface area (Å²) in [6, 6.07) is 5.35. The summed E-state index contributed by atoms with van der Waals surface area (Å²) in [4.78, 5) is 32.8. The van der Waals surface area contributed by atoms with Crippen LogP contribution in [0.3, 0.4) is 0 Å². The van der Waals surface area contributed by atoms with Crippen LogP contribution in [0.25, 0.3) is 22.3 Å². The first-order chi connectivity index (χ1) is 17.5. The number of carbonyl (C=O) groups excluding carboxylic acids is 1. The zero-order valence-electron chi connectivity index (χ0n) is 21.5. The van der Waals surface area contributed by atoms with E-state index in [1.807, 2.05) is 20.8 Å². The number of amides is 1. The quantitative estimate of drug-likeness (QED) is 0.462. The molecule has 2 N–H and O–H groups in total. The lowest BCUT2D eigenvalue weighted by Crippen LogP contribution is -2.51. The number of benzene rings is 1. The molecule has 1 spiro atoms. The van der Waals surface area contributed by atoms with E-state index in [1.54, 1.807) is 29.8 Å². The molecule has 0 bridgehead atoms. The van der Waals surface area contributed by atoms with Gasteiger partial charge in [-0.3, -0.25) is 14.5 Å². The lowest BCUT2D eigenvalue weighted by atomic mass is 9.74. The normalized spacial score (nSPS) is 19.5. The fourth-order valence-corrected chi connectivity index (χ4v) is 6.18. The van der Waals surface area contributed by atoms with E-state index >= 15 is 0 Å². The van der Waals surface area contributed by atoms with E-state index in [0.717, 1.165) is 45.2 Å². The molecule has 1 aliphatic carbocycles. The van der Waals surface area contributed by atoms with Gasteiger partial charge >= 0.3 is 6.09 Å². The molecule has 37 heavy (non-hydrogen) atoms. The molecule has 0 unspecified atom stereocenters. The molecule has 2 aliphatic rings. The molecule has 2 aromatic heterocycles. The summed E-state index contributed by atoms with van der Waals surface area (Å²) in [6.45, 7) is 7.08. The zero-order chi connectivity index (χ0) is 26.5. The Morgan fingerprint density at radius 2 is 1.95 bits per heavy atom. The number of halogens is 2. The van der Waals surface area contributed by atoms with Crippen molar-refractivity contribution in [2.75, 3.05) is 18.0 Å². The van der Waals surface area contributed by atoms with E-state index in [9.17, 15) is 9.59 Å². The smallest absolute Gasteiger partial charge is 0.407 e. The molecule has 1 amide bonds. The maximum Gasteiger partial charge on any atom is 0.407 e. The fourth-order valence-electron chi connectivity index (χ4n) is 5.78. The summed E-state index contributed by atoms with van der Waals surface area (Å²) < 4.78 is 7.08. The van der Waals surface area contributed by atoms with Gasteiger partial charge in [-0.25, -0.2) is 4.79 Å². The Labute approximate surface area is 225 Å². The number of fused-ring (bicyclic) bond motifs is 1. The van der Waals surface area contributed by atoms with Crippen LogP contribution in [-0.4, -0.2) is 50.6 Å². The van der Waals surface area contributed by atoms with Crippen LogP contribution in [0.2, 0.25) is 10.0 Å². The first kappa shape index (κ1) is 25.9. The van der Waals surface area contributed by atoms with Crippen molar-refractivity contribution in [2.24, 2.45) is 12.5 Å². The highest BCUT2D eigenvalue weighted by atomic mass is 35.5. The van der Waals surface area contributed by atoms with E-state index < -0.39 is 5.60 Å². The Bertz CT molecular complexity index is 1400. The Kier molecular flexibility index (Phi) is 6.64. The second kappa shape index (κ2) is 9.51. The van der Waals surface area contributed by atoms with E-state index in [1.165, 1.54) is 0 Å². The highest BCUT2D eigenvalue weighted by molar-refractivity contribution is 6.43. The van der Waals surface area contributed by atoms with Crippen molar-refractivity contribution in [1.82, 2.24) is 25.1 Å². The van der Waals surface area contributed by atoms with Crippen molar-refractivity contribution in [1.29, 1.82) is 0 Å². The van der Waals surface area contributed by atoms with Gasteiger partial charge in [-0.05, 0) is 57.9 Å². The summed E-state index contributed by atoms with van der Waals surface area (Å²) in [6.07, 6.45) is 4.52. The summed E-state index contributed by atoms with van der Waals surface area (Å²) in [5.41, 5.74) is 0.743. The number of piperidine rings is 1. The van der Waals surface area contributed by atoms with Crippen LogP contribution in [0.15, 0.2) is 23.0 Å². The van der Waals surface area contributed by atoms with Crippen LogP contribution in [0.4, 0.5) is 10.7 Å². The molecule has 11 heteroatoms. The number of ether oxygens (including phenoxy) is 1. The highest BCUT2D eigenvalue weighted by Crippen LogP contribution is 2.47. The first-order valence-corrected chi connectivity index (χ1v) is 13.4. The topological polar surface area (TPSA) is 105 Å². The largest absolute Gasteiger partial charge is 0.444 e. The minimum atomic E-state index is -0.529. The number of alkyl carbamates (subject to hydrolysis) is 1. The Morgan fingerprint density at radius 3 is 2.65 bits per heavy atom. The van der Waals surface area contributed by atoms with Gasteiger partial charge in [0.25, 0.3) is 5.56 Å². The average molecular weight is 547 g/mol. The summed E-state index contributed by atoms with van der Waals surface area (Å²) in [7, 11) is 1.73. The zero-order valence-corrected chi connectivity index (χ0v) is 23.0. The van der Waals surface area contributed by atoms with Gasteiger partial charge in [0.1, 0.15) is 11.0 Å². The number of carbonyl (C=O) groups is 1. The van der Waals surface area contributed by atoms with Crippen LogP contribution in [0, 0.1) is 5.41 Å². The molecule has 1 saturated heterocycles. The van der Waals surface area contributed by atoms with E-state index in [2.05, 4.69) is 20.4 Å². The van der Waals surface area contributed by atoms with Gasteiger partial charge in [-0.15, -0.1) is 0 Å². The van der Waals surface area contributed by atoms with Gasteiger partial charge < -0.3 is 15.0 Å². The molecule has 1 saturated carbocycles. The van der Waals surface area contributed by atoms with Gasteiger partial charge in [-0.1, -0.05) is 41.8 Å². The standard InChI is InChI=1S/C26H32Cl2N6O3/c1-25(2,3)37-24(36)29-17-9-6-10-26(17)11-13-34(14-12-26)23-30-21-18(22(35)33(23)4)20(31-32-21)15-7-5-8-16(27)19(15)28/h5,7-8,17H,6,9-14H2,1-4H3,(H,29,36)(H,31,32)/t17-/m1/s1. The Morgan fingerprint density at radius 1 is 1.22 bits per heavy atom. The number of rotatable bonds is 3. The van der Waals surface area contributed by atoms with Crippen LogP contribution in [-0.2, 0) is 11.8 Å². The molecule has 1 aromatic carbocycles. The van der Waals surface area contributed by atoms with Gasteiger partial charge in [0, 0.05) is 31.7 Å². The lowest BCUT2D eigenvalue weighted by Gasteiger charge is -2.43. The van der Waals surface area contributed by atoms with Gasteiger partial charge in [-0.2, -0.15) is 10.1 Å². The van der Waals surface area contributed by atoms with Crippen molar-refractivity contribution >= 4 is 46.3 Å². The lowest BCUT2D eigenvalue weighted by molar-refractivity contribution is 0.0442. The molecule has 1 atom stereocenters. The summed E-state index contributed by atoms with van der Waals surface area (Å²) in [5, 5.41) is 11.5. The van der Waals surface area contributed by atoms with Gasteiger partial charge in [0.05, 0.1) is 15.7 Å². The average Bonchev–Trinajstić information content (AvgIpc) is 3.42. The number of hydrogen-bond acceptors (Lipinski definition) is 6. The molecule has 2 fully saturated rings. The molecule has 1 aliphatic heterocycles.